The molecule has 0 aliphatic carbocycles. The highest BCUT2D eigenvalue weighted by molar-refractivity contribution is 5.70. The van der Waals surface area contributed by atoms with Crippen molar-refractivity contribution in [2.24, 2.45) is 0 Å². The van der Waals surface area contributed by atoms with E-state index >= 15 is 0 Å². The molecule has 0 amide bonds. The monoisotopic (exact) mass is 305 g/mol. The molecule has 2 N–H and O–H groups in total. The Morgan fingerprint density at radius 1 is 1.18 bits per heavy atom. The molecule has 0 saturated carbocycles. The van der Waals surface area contributed by atoms with Crippen LogP contribution in [0.4, 0.5) is 5.69 Å². The molecule has 2 rings (SSSR count). The highest BCUT2D eigenvalue weighted by Gasteiger charge is 2.13. The lowest BCUT2D eigenvalue weighted by molar-refractivity contribution is 0.182. The number of methoxy groups -OCH3 is 3. The van der Waals surface area contributed by atoms with E-state index in [9.17, 15) is 4.79 Å². The number of anilines is 1. The molecule has 1 heterocycles. The predicted molar refractivity (Wildman–Crippen MR) is 83.3 cm³/mol. The van der Waals surface area contributed by atoms with E-state index in [0.717, 1.165) is 5.56 Å². The molecular formula is C15H19N3O4. The first-order valence-corrected chi connectivity index (χ1v) is 6.69. The number of ether oxygens (including phenoxy) is 3. The third kappa shape index (κ3) is 3.20. The first-order valence-electron chi connectivity index (χ1n) is 6.69. The summed E-state index contributed by atoms with van der Waals surface area (Å²) < 4.78 is 16.8. The second-order valence-corrected chi connectivity index (χ2v) is 4.57. The van der Waals surface area contributed by atoms with Crippen LogP contribution in [0.25, 0.3) is 11.3 Å². The van der Waals surface area contributed by atoms with E-state index < -0.39 is 0 Å². The zero-order valence-electron chi connectivity index (χ0n) is 12.8. The Morgan fingerprint density at radius 3 is 2.59 bits per heavy atom. The molecule has 22 heavy (non-hydrogen) atoms. The Bertz CT molecular complexity index is 712. The molecule has 0 spiro atoms. The highest BCUT2D eigenvalue weighted by Crippen LogP contribution is 2.32. The Morgan fingerprint density at radius 2 is 1.95 bits per heavy atom. The van der Waals surface area contributed by atoms with E-state index in [2.05, 4.69) is 5.10 Å². The molecular weight excluding hydrogens is 286 g/mol. The second-order valence-electron chi connectivity index (χ2n) is 4.57. The molecule has 0 aliphatic heterocycles. The van der Waals surface area contributed by atoms with Crippen LogP contribution < -0.4 is 20.8 Å². The van der Waals surface area contributed by atoms with Crippen LogP contribution in [-0.4, -0.2) is 37.7 Å². The Labute approximate surface area is 128 Å². The quantitative estimate of drug-likeness (QED) is 0.861. The van der Waals surface area contributed by atoms with Crippen LogP contribution >= 0.6 is 0 Å². The van der Waals surface area contributed by atoms with Gasteiger partial charge in [0.1, 0.15) is 17.2 Å². The van der Waals surface area contributed by atoms with Gasteiger partial charge in [-0.3, -0.25) is 4.79 Å². The lowest BCUT2D eigenvalue weighted by Crippen LogP contribution is -2.27. The summed E-state index contributed by atoms with van der Waals surface area (Å²) in [7, 11) is 4.70. The summed E-state index contributed by atoms with van der Waals surface area (Å²) >= 11 is 0. The zero-order valence-corrected chi connectivity index (χ0v) is 12.8. The van der Waals surface area contributed by atoms with Crippen molar-refractivity contribution in [3.8, 4) is 22.8 Å². The summed E-state index contributed by atoms with van der Waals surface area (Å²) in [6.07, 6.45) is 0. The third-order valence-electron chi connectivity index (χ3n) is 3.19. The lowest BCUT2D eigenvalue weighted by atomic mass is 10.1. The minimum absolute atomic E-state index is 0.124. The van der Waals surface area contributed by atoms with Crippen molar-refractivity contribution in [3.05, 3.63) is 34.6 Å². The zero-order chi connectivity index (χ0) is 16.1. The van der Waals surface area contributed by atoms with Gasteiger partial charge in [0.05, 0.1) is 33.1 Å². The van der Waals surface area contributed by atoms with Crippen LogP contribution in [0, 0.1) is 0 Å². The molecule has 0 bridgehead atoms. The minimum Gasteiger partial charge on any atom is -0.497 e. The van der Waals surface area contributed by atoms with Crippen molar-refractivity contribution < 1.29 is 14.2 Å². The number of benzene rings is 1. The van der Waals surface area contributed by atoms with Gasteiger partial charge in [-0.05, 0) is 18.2 Å². The topological polar surface area (TPSA) is 88.6 Å². The summed E-state index contributed by atoms with van der Waals surface area (Å²) in [6, 6.07) is 6.89. The van der Waals surface area contributed by atoms with Gasteiger partial charge in [-0.15, -0.1) is 0 Å². The van der Waals surface area contributed by atoms with Crippen LogP contribution in [-0.2, 0) is 11.3 Å². The predicted octanol–water partition coefficient (Wildman–Crippen LogP) is 1.16. The highest BCUT2D eigenvalue weighted by atomic mass is 16.5. The van der Waals surface area contributed by atoms with Gasteiger partial charge in [-0.1, -0.05) is 0 Å². The van der Waals surface area contributed by atoms with Gasteiger partial charge in [-0.2, -0.15) is 5.10 Å². The molecule has 118 valence electrons. The Kier molecular flexibility index (Phi) is 5.00. The summed E-state index contributed by atoms with van der Waals surface area (Å²) in [4.78, 5) is 12.0. The van der Waals surface area contributed by atoms with Gasteiger partial charge in [-0.25, -0.2) is 4.68 Å². The molecule has 0 aliphatic rings. The average molecular weight is 305 g/mol. The van der Waals surface area contributed by atoms with E-state index in [4.69, 9.17) is 19.9 Å². The van der Waals surface area contributed by atoms with Crippen LogP contribution in [0.2, 0.25) is 0 Å². The second kappa shape index (κ2) is 6.95. The summed E-state index contributed by atoms with van der Waals surface area (Å²) in [5.74, 6) is 1.25. The van der Waals surface area contributed by atoms with Crippen molar-refractivity contribution in [3.63, 3.8) is 0 Å². The Balaban J connectivity index is 2.52. The van der Waals surface area contributed by atoms with Crippen molar-refractivity contribution in [2.45, 2.75) is 6.54 Å². The largest absolute Gasteiger partial charge is 0.497 e. The summed E-state index contributed by atoms with van der Waals surface area (Å²) in [6.45, 7) is 0.696. The third-order valence-corrected chi connectivity index (χ3v) is 3.19. The first-order chi connectivity index (χ1) is 10.6. The number of nitrogens with zero attached hydrogens (tertiary/aromatic N) is 2. The normalized spacial score (nSPS) is 10.5. The molecule has 7 heteroatoms. The van der Waals surface area contributed by atoms with Gasteiger partial charge in [0, 0.05) is 18.7 Å². The molecule has 2 aromatic rings. The van der Waals surface area contributed by atoms with Crippen molar-refractivity contribution in [2.75, 3.05) is 33.7 Å². The summed E-state index contributed by atoms with van der Waals surface area (Å²) in [5.41, 5.74) is 6.86. The van der Waals surface area contributed by atoms with Crippen LogP contribution in [0.15, 0.2) is 29.1 Å². The maximum absolute atomic E-state index is 12.0. The number of nitrogen functional groups attached to an aromatic ring is 1. The van der Waals surface area contributed by atoms with Gasteiger partial charge >= 0.3 is 0 Å². The fourth-order valence-electron chi connectivity index (χ4n) is 2.03. The molecule has 0 fully saturated rings. The molecule has 0 unspecified atom stereocenters. The van der Waals surface area contributed by atoms with Crippen LogP contribution in [0.5, 0.6) is 11.5 Å². The van der Waals surface area contributed by atoms with Gasteiger partial charge in [0.2, 0.25) is 0 Å². The number of hydrogen-bond acceptors (Lipinski definition) is 6. The van der Waals surface area contributed by atoms with E-state index in [0.29, 0.717) is 30.3 Å². The number of hydrogen-bond donors (Lipinski definition) is 1. The molecule has 0 saturated heterocycles. The SMILES string of the molecule is COCCn1nc(-c2ccc(OC)cc2OC)cc(N)c1=O. The Hall–Kier alpha value is -2.54. The van der Waals surface area contributed by atoms with Crippen molar-refractivity contribution >= 4 is 5.69 Å². The van der Waals surface area contributed by atoms with Gasteiger partial charge < -0.3 is 19.9 Å². The number of rotatable bonds is 6. The van der Waals surface area contributed by atoms with E-state index in [1.54, 1.807) is 33.5 Å². The van der Waals surface area contributed by atoms with Gasteiger partial charge in [0.15, 0.2) is 0 Å². The minimum atomic E-state index is -0.340. The molecule has 1 aromatic heterocycles. The first kappa shape index (κ1) is 15.8. The summed E-state index contributed by atoms with van der Waals surface area (Å²) in [5, 5.41) is 4.33. The number of nitrogens with two attached hydrogens (primary N) is 1. The van der Waals surface area contributed by atoms with E-state index in [1.165, 1.54) is 10.7 Å². The van der Waals surface area contributed by atoms with Crippen LogP contribution in [0.1, 0.15) is 0 Å². The molecule has 0 radical (unpaired) electrons. The maximum atomic E-state index is 12.0. The number of aromatic nitrogens is 2. The maximum Gasteiger partial charge on any atom is 0.289 e. The fourth-order valence-corrected chi connectivity index (χ4v) is 2.03. The standard InChI is InChI=1S/C15H19N3O4/c1-20-7-6-18-15(19)12(16)9-13(17-18)11-5-4-10(21-2)8-14(11)22-3/h4-5,8-9H,6-7,16H2,1-3H3. The van der Waals surface area contributed by atoms with E-state index in [1.807, 2.05) is 6.07 Å². The van der Waals surface area contributed by atoms with Crippen molar-refractivity contribution in [1.82, 2.24) is 9.78 Å². The molecule has 1 aromatic carbocycles. The van der Waals surface area contributed by atoms with E-state index in [-0.39, 0.29) is 11.2 Å². The average Bonchev–Trinajstić information content (AvgIpc) is 2.55. The lowest BCUT2D eigenvalue weighted by Gasteiger charge is -2.12. The molecule has 7 nitrogen and oxygen atoms in total. The smallest absolute Gasteiger partial charge is 0.289 e. The van der Waals surface area contributed by atoms with Crippen molar-refractivity contribution in [1.29, 1.82) is 0 Å². The fraction of sp³-hybridized carbons (Fsp3) is 0.333. The molecule has 0 atom stereocenters. The van der Waals surface area contributed by atoms with Crippen LogP contribution in [0.3, 0.4) is 0 Å². The van der Waals surface area contributed by atoms with Gasteiger partial charge in [0.25, 0.3) is 5.56 Å².